The molecule has 2 amide bonds. The summed E-state index contributed by atoms with van der Waals surface area (Å²) in [7, 11) is 0. The van der Waals surface area contributed by atoms with Crippen molar-refractivity contribution in [2.45, 2.75) is 26.2 Å². The van der Waals surface area contributed by atoms with Crippen LogP contribution in [0.2, 0.25) is 0 Å². The third-order valence-corrected chi connectivity index (χ3v) is 5.22. The maximum absolute atomic E-state index is 12.8. The first-order chi connectivity index (χ1) is 11.6. The van der Waals surface area contributed by atoms with Crippen molar-refractivity contribution in [2.24, 2.45) is 5.41 Å². The number of piperidine rings is 1. The van der Waals surface area contributed by atoms with Gasteiger partial charge < -0.3 is 10.2 Å². The lowest BCUT2D eigenvalue weighted by atomic mass is 9.81. The Labute approximate surface area is 143 Å². The summed E-state index contributed by atoms with van der Waals surface area (Å²) in [4.78, 5) is 32.6. The van der Waals surface area contributed by atoms with E-state index in [0.29, 0.717) is 19.4 Å². The fourth-order valence-corrected chi connectivity index (χ4v) is 3.44. The number of aromatic nitrogens is 1. The monoisotopic (exact) mass is 330 g/mol. The second kappa shape index (κ2) is 7.30. The number of carbonyl (C=O) groups is 2. The van der Waals surface area contributed by atoms with Gasteiger partial charge in [-0.25, -0.2) is 0 Å². The van der Waals surface area contributed by atoms with E-state index in [9.17, 15) is 9.59 Å². The molecule has 6 heteroatoms. The lowest BCUT2D eigenvalue weighted by Gasteiger charge is -2.41. The lowest BCUT2D eigenvalue weighted by Crippen LogP contribution is -2.56. The van der Waals surface area contributed by atoms with E-state index in [1.807, 2.05) is 24.2 Å². The predicted molar refractivity (Wildman–Crippen MR) is 91.3 cm³/mol. The Balaban J connectivity index is 1.46. The Bertz CT molecular complexity index is 572. The summed E-state index contributed by atoms with van der Waals surface area (Å²) in [6.45, 7) is 6.84. The molecule has 2 saturated heterocycles. The molecule has 0 aromatic carbocycles. The highest BCUT2D eigenvalue weighted by atomic mass is 16.2. The molecule has 1 aromatic heterocycles. The van der Waals surface area contributed by atoms with Crippen molar-refractivity contribution in [3.63, 3.8) is 0 Å². The van der Waals surface area contributed by atoms with Gasteiger partial charge in [-0.1, -0.05) is 0 Å². The first kappa shape index (κ1) is 16.9. The summed E-state index contributed by atoms with van der Waals surface area (Å²) in [5.41, 5.74) is 0.863. The minimum atomic E-state index is -0.437. The van der Waals surface area contributed by atoms with Crippen molar-refractivity contribution in [2.75, 3.05) is 39.3 Å². The van der Waals surface area contributed by atoms with Crippen LogP contribution in [-0.2, 0) is 16.0 Å². The molecule has 1 atom stereocenters. The van der Waals surface area contributed by atoms with Crippen molar-refractivity contribution >= 4 is 11.8 Å². The SMILES string of the molecule is CC1(C(=O)N2CCN(CCc3ccncc3)CC2)CCC(=O)NC1. The molecule has 3 heterocycles. The van der Waals surface area contributed by atoms with Crippen LogP contribution in [0.5, 0.6) is 0 Å². The number of hydrogen-bond donors (Lipinski definition) is 1. The Kier molecular flexibility index (Phi) is 5.14. The molecule has 24 heavy (non-hydrogen) atoms. The largest absolute Gasteiger partial charge is 0.355 e. The van der Waals surface area contributed by atoms with Gasteiger partial charge in [-0.2, -0.15) is 0 Å². The summed E-state index contributed by atoms with van der Waals surface area (Å²) in [5.74, 6) is 0.248. The minimum absolute atomic E-state index is 0.0567. The number of piperazine rings is 1. The summed E-state index contributed by atoms with van der Waals surface area (Å²) in [6, 6.07) is 4.11. The molecule has 1 N–H and O–H groups in total. The molecule has 0 spiro atoms. The van der Waals surface area contributed by atoms with Gasteiger partial charge in [-0.3, -0.25) is 19.5 Å². The van der Waals surface area contributed by atoms with Crippen molar-refractivity contribution < 1.29 is 9.59 Å². The highest BCUT2D eigenvalue weighted by molar-refractivity contribution is 5.86. The summed E-state index contributed by atoms with van der Waals surface area (Å²) in [6.07, 6.45) is 5.78. The number of nitrogens with one attached hydrogen (secondary N) is 1. The molecule has 0 radical (unpaired) electrons. The smallest absolute Gasteiger partial charge is 0.230 e. The number of amides is 2. The summed E-state index contributed by atoms with van der Waals surface area (Å²) < 4.78 is 0. The molecule has 1 aromatic rings. The van der Waals surface area contributed by atoms with Crippen LogP contribution in [0.25, 0.3) is 0 Å². The molecule has 2 fully saturated rings. The quantitative estimate of drug-likeness (QED) is 0.882. The van der Waals surface area contributed by atoms with Gasteiger partial charge in [0, 0.05) is 58.1 Å². The van der Waals surface area contributed by atoms with E-state index in [4.69, 9.17) is 0 Å². The van der Waals surface area contributed by atoms with Crippen LogP contribution in [0.3, 0.4) is 0 Å². The fourth-order valence-electron chi connectivity index (χ4n) is 3.44. The number of hydrogen-bond acceptors (Lipinski definition) is 4. The maximum atomic E-state index is 12.8. The molecular weight excluding hydrogens is 304 g/mol. The third-order valence-electron chi connectivity index (χ3n) is 5.22. The lowest BCUT2D eigenvalue weighted by molar-refractivity contribution is -0.145. The van der Waals surface area contributed by atoms with Gasteiger partial charge in [-0.05, 0) is 37.5 Å². The van der Waals surface area contributed by atoms with Crippen LogP contribution in [0.15, 0.2) is 24.5 Å². The van der Waals surface area contributed by atoms with Gasteiger partial charge in [-0.15, -0.1) is 0 Å². The highest BCUT2D eigenvalue weighted by Gasteiger charge is 2.40. The van der Waals surface area contributed by atoms with Gasteiger partial charge in [0.05, 0.1) is 5.41 Å². The normalized spacial score (nSPS) is 25.4. The van der Waals surface area contributed by atoms with E-state index in [0.717, 1.165) is 39.1 Å². The second-order valence-corrected chi connectivity index (χ2v) is 7.08. The Morgan fingerprint density at radius 3 is 2.58 bits per heavy atom. The van der Waals surface area contributed by atoms with Gasteiger partial charge >= 0.3 is 0 Å². The Morgan fingerprint density at radius 2 is 1.96 bits per heavy atom. The van der Waals surface area contributed by atoms with Crippen molar-refractivity contribution in [3.05, 3.63) is 30.1 Å². The van der Waals surface area contributed by atoms with Crippen molar-refractivity contribution in [1.82, 2.24) is 20.1 Å². The molecule has 3 rings (SSSR count). The van der Waals surface area contributed by atoms with Crippen LogP contribution < -0.4 is 5.32 Å². The molecular formula is C18H26N4O2. The van der Waals surface area contributed by atoms with Gasteiger partial charge in [0.15, 0.2) is 0 Å². The van der Waals surface area contributed by atoms with E-state index in [2.05, 4.69) is 27.3 Å². The van der Waals surface area contributed by atoms with E-state index in [1.54, 1.807) is 0 Å². The van der Waals surface area contributed by atoms with E-state index in [-0.39, 0.29) is 11.8 Å². The first-order valence-corrected chi connectivity index (χ1v) is 8.74. The topological polar surface area (TPSA) is 65.5 Å². The Hall–Kier alpha value is -1.95. The average Bonchev–Trinajstić information content (AvgIpc) is 2.63. The van der Waals surface area contributed by atoms with Gasteiger partial charge in [0.2, 0.25) is 11.8 Å². The second-order valence-electron chi connectivity index (χ2n) is 7.08. The molecule has 0 aliphatic carbocycles. The van der Waals surface area contributed by atoms with E-state index < -0.39 is 5.41 Å². The molecule has 2 aliphatic rings. The zero-order chi connectivity index (χ0) is 17.0. The summed E-state index contributed by atoms with van der Waals surface area (Å²) >= 11 is 0. The highest BCUT2D eigenvalue weighted by Crippen LogP contribution is 2.28. The van der Waals surface area contributed by atoms with Crippen LogP contribution >= 0.6 is 0 Å². The molecule has 6 nitrogen and oxygen atoms in total. The van der Waals surface area contributed by atoms with Crippen LogP contribution in [-0.4, -0.2) is 65.9 Å². The van der Waals surface area contributed by atoms with E-state index in [1.165, 1.54) is 5.56 Å². The summed E-state index contributed by atoms with van der Waals surface area (Å²) in [5, 5.41) is 2.84. The van der Waals surface area contributed by atoms with Crippen LogP contribution in [0.1, 0.15) is 25.3 Å². The number of rotatable bonds is 4. The molecule has 130 valence electrons. The van der Waals surface area contributed by atoms with Gasteiger partial charge in [0.1, 0.15) is 0 Å². The fraction of sp³-hybridized carbons (Fsp3) is 0.611. The molecule has 0 bridgehead atoms. The van der Waals surface area contributed by atoms with Crippen LogP contribution in [0, 0.1) is 5.41 Å². The Morgan fingerprint density at radius 1 is 1.25 bits per heavy atom. The third kappa shape index (κ3) is 3.93. The van der Waals surface area contributed by atoms with Gasteiger partial charge in [0.25, 0.3) is 0 Å². The average molecular weight is 330 g/mol. The van der Waals surface area contributed by atoms with Crippen LogP contribution in [0.4, 0.5) is 0 Å². The minimum Gasteiger partial charge on any atom is -0.355 e. The predicted octanol–water partition coefficient (Wildman–Crippen LogP) is 0.685. The zero-order valence-electron chi connectivity index (χ0n) is 14.3. The van der Waals surface area contributed by atoms with Crippen molar-refractivity contribution in [1.29, 1.82) is 0 Å². The maximum Gasteiger partial charge on any atom is 0.230 e. The number of pyridine rings is 1. The molecule has 0 saturated carbocycles. The number of nitrogens with zero attached hydrogens (tertiary/aromatic N) is 3. The molecule has 1 unspecified atom stereocenters. The van der Waals surface area contributed by atoms with E-state index >= 15 is 0 Å². The first-order valence-electron chi connectivity index (χ1n) is 8.74. The number of carbonyl (C=O) groups excluding carboxylic acids is 2. The molecule has 2 aliphatic heterocycles. The standard InChI is InChI=1S/C18H26N4O2/c1-18(6-2-16(23)20-14-18)17(24)22-12-10-21(11-13-22)9-5-15-3-7-19-8-4-15/h3-4,7-8H,2,5-6,9-14H2,1H3,(H,20,23). The zero-order valence-corrected chi connectivity index (χ0v) is 14.3. The van der Waals surface area contributed by atoms with Crippen molar-refractivity contribution in [3.8, 4) is 0 Å².